The number of likely N-dealkylation sites (tertiary alicyclic amines) is 1. The third kappa shape index (κ3) is 3.33. The van der Waals surface area contributed by atoms with E-state index in [1.54, 1.807) is 18.6 Å². The monoisotopic (exact) mass is 335 g/mol. The standard InChI is InChI=1S/C19H21N5O/c25-19(23-12-1-4-17(15-23)24-13-3-8-21-24)18-5-2-11-22(18)14-16-6-9-20-10-7-16/h2-3,5-11,13,17H,1,4,12,14-15H2/t17-/m0/s1. The van der Waals surface area contributed by atoms with Crippen molar-refractivity contribution in [3.63, 3.8) is 0 Å². The third-order valence-electron chi connectivity index (χ3n) is 4.73. The van der Waals surface area contributed by atoms with Crippen molar-refractivity contribution in [3.8, 4) is 0 Å². The zero-order chi connectivity index (χ0) is 17.1. The van der Waals surface area contributed by atoms with Crippen LogP contribution < -0.4 is 0 Å². The van der Waals surface area contributed by atoms with E-state index < -0.39 is 0 Å². The van der Waals surface area contributed by atoms with Crippen molar-refractivity contribution in [3.05, 3.63) is 72.6 Å². The lowest BCUT2D eigenvalue weighted by Gasteiger charge is -2.33. The van der Waals surface area contributed by atoms with Gasteiger partial charge in [-0.05, 0) is 48.7 Å². The molecule has 4 heterocycles. The van der Waals surface area contributed by atoms with Gasteiger partial charge in [-0.2, -0.15) is 5.10 Å². The van der Waals surface area contributed by atoms with Crippen LogP contribution in [0, 0.1) is 0 Å². The highest BCUT2D eigenvalue weighted by molar-refractivity contribution is 5.92. The topological polar surface area (TPSA) is 56.0 Å². The van der Waals surface area contributed by atoms with Crippen LogP contribution in [0.1, 0.15) is 34.9 Å². The fourth-order valence-corrected chi connectivity index (χ4v) is 3.44. The second kappa shape index (κ2) is 6.93. The summed E-state index contributed by atoms with van der Waals surface area (Å²) in [5, 5.41) is 4.34. The van der Waals surface area contributed by atoms with Gasteiger partial charge in [0.25, 0.3) is 5.91 Å². The molecule has 0 N–H and O–H groups in total. The Bertz CT molecular complexity index is 825. The van der Waals surface area contributed by atoms with Crippen LogP contribution in [-0.2, 0) is 6.54 Å². The Morgan fingerprint density at radius 3 is 2.80 bits per heavy atom. The first kappa shape index (κ1) is 15.6. The lowest BCUT2D eigenvalue weighted by molar-refractivity contribution is 0.0662. The number of carbonyl (C=O) groups is 1. The minimum absolute atomic E-state index is 0.0934. The molecule has 0 spiro atoms. The molecule has 1 aliphatic rings. The second-order valence-corrected chi connectivity index (χ2v) is 6.41. The molecule has 128 valence electrons. The van der Waals surface area contributed by atoms with Crippen molar-refractivity contribution in [1.82, 2.24) is 24.2 Å². The third-order valence-corrected chi connectivity index (χ3v) is 4.73. The van der Waals surface area contributed by atoms with Gasteiger partial charge in [-0.15, -0.1) is 0 Å². The molecule has 3 aromatic rings. The molecule has 0 radical (unpaired) electrons. The number of aromatic nitrogens is 4. The number of piperidine rings is 1. The Balaban J connectivity index is 1.50. The van der Waals surface area contributed by atoms with Gasteiger partial charge in [-0.25, -0.2) is 0 Å². The van der Waals surface area contributed by atoms with Gasteiger partial charge in [0.15, 0.2) is 0 Å². The Morgan fingerprint density at radius 2 is 2.00 bits per heavy atom. The molecule has 0 saturated carbocycles. The van der Waals surface area contributed by atoms with Crippen LogP contribution in [0.5, 0.6) is 0 Å². The van der Waals surface area contributed by atoms with Crippen LogP contribution in [0.25, 0.3) is 0 Å². The molecule has 1 saturated heterocycles. The van der Waals surface area contributed by atoms with Crippen molar-refractivity contribution in [2.24, 2.45) is 0 Å². The summed E-state index contributed by atoms with van der Waals surface area (Å²) < 4.78 is 3.98. The predicted octanol–water partition coefficient (Wildman–Crippen LogP) is 2.61. The first-order chi connectivity index (χ1) is 12.3. The van der Waals surface area contributed by atoms with E-state index in [0.717, 1.165) is 30.6 Å². The maximum absolute atomic E-state index is 13.1. The van der Waals surface area contributed by atoms with E-state index in [0.29, 0.717) is 13.1 Å². The lowest BCUT2D eigenvalue weighted by Crippen LogP contribution is -2.41. The van der Waals surface area contributed by atoms with E-state index in [2.05, 4.69) is 10.1 Å². The van der Waals surface area contributed by atoms with Gasteiger partial charge in [0, 0.05) is 50.6 Å². The molecule has 1 amide bonds. The molecular weight excluding hydrogens is 314 g/mol. The minimum Gasteiger partial charge on any atom is -0.339 e. The minimum atomic E-state index is 0.0934. The van der Waals surface area contributed by atoms with Crippen LogP contribution in [0.4, 0.5) is 0 Å². The van der Waals surface area contributed by atoms with Crippen molar-refractivity contribution < 1.29 is 4.79 Å². The first-order valence-corrected chi connectivity index (χ1v) is 8.64. The van der Waals surface area contributed by atoms with Crippen LogP contribution in [0.15, 0.2) is 61.3 Å². The smallest absolute Gasteiger partial charge is 0.270 e. The SMILES string of the molecule is O=C(c1cccn1Cc1ccncc1)N1CCC[C@H](n2cccn2)C1. The van der Waals surface area contributed by atoms with E-state index in [-0.39, 0.29) is 11.9 Å². The molecule has 6 heteroatoms. The highest BCUT2D eigenvalue weighted by Crippen LogP contribution is 2.22. The molecule has 1 aliphatic heterocycles. The molecule has 0 aromatic carbocycles. The van der Waals surface area contributed by atoms with Crippen molar-refractivity contribution in [2.45, 2.75) is 25.4 Å². The van der Waals surface area contributed by atoms with Gasteiger partial charge < -0.3 is 9.47 Å². The van der Waals surface area contributed by atoms with Crippen molar-refractivity contribution >= 4 is 5.91 Å². The summed E-state index contributed by atoms with van der Waals surface area (Å²) in [6.07, 6.45) is 11.3. The molecule has 6 nitrogen and oxygen atoms in total. The van der Waals surface area contributed by atoms with Gasteiger partial charge in [-0.3, -0.25) is 14.5 Å². The van der Waals surface area contributed by atoms with Crippen molar-refractivity contribution in [1.29, 1.82) is 0 Å². The van der Waals surface area contributed by atoms with E-state index in [1.807, 2.05) is 56.9 Å². The highest BCUT2D eigenvalue weighted by Gasteiger charge is 2.27. The molecule has 0 unspecified atom stereocenters. The van der Waals surface area contributed by atoms with E-state index in [1.165, 1.54) is 0 Å². The van der Waals surface area contributed by atoms with Gasteiger partial charge in [0.2, 0.25) is 0 Å². The molecule has 4 rings (SSSR count). The molecule has 3 aromatic heterocycles. The maximum Gasteiger partial charge on any atom is 0.270 e. The summed E-state index contributed by atoms with van der Waals surface area (Å²) in [5.41, 5.74) is 1.87. The van der Waals surface area contributed by atoms with E-state index >= 15 is 0 Å². The second-order valence-electron chi connectivity index (χ2n) is 6.41. The number of carbonyl (C=O) groups excluding carboxylic acids is 1. The average Bonchev–Trinajstić information content (AvgIpc) is 3.34. The lowest BCUT2D eigenvalue weighted by atomic mass is 10.1. The summed E-state index contributed by atoms with van der Waals surface area (Å²) in [7, 11) is 0. The fraction of sp³-hybridized carbons (Fsp3) is 0.316. The quantitative estimate of drug-likeness (QED) is 0.736. The Labute approximate surface area is 146 Å². The van der Waals surface area contributed by atoms with Gasteiger partial charge in [0.05, 0.1) is 6.04 Å². The Hall–Kier alpha value is -2.89. The summed E-state index contributed by atoms with van der Waals surface area (Å²) in [6.45, 7) is 2.19. The fourth-order valence-electron chi connectivity index (χ4n) is 3.44. The summed E-state index contributed by atoms with van der Waals surface area (Å²) >= 11 is 0. The van der Waals surface area contributed by atoms with Crippen molar-refractivity contribution in [2.75, 3.05) is 13.1 Å². The van der Waals surface area contributed by atoms with Crippen LogP contribution in [0.3, 0.4) is 0 Å². The van der Waals surface area contributed by atoms with E-state index in [4.69, 9.17) is 0 Å². The number of hydrogen-bond acceptors (Lipinski definition) is 3. The Kier molecular flexibility index (Phi) is 4.33. The van der Waals surface area contributed by atoms with Crippen LogP contribution in [0.2, 0.25) is 0 Å². The number of amides is 1. The molecule has 0 bridgehead atoms. The highest BCUT2D eigenvalue weighted by atomic mass is 16.2. The zero-order valence-electron chi connectivity index (χ0n) is 14.0. The molecular formula is C19H21N5O. The van der Waals surface area contributed by atoms with Gasteiger partial charge in [-0.1, -0.05) is 0 Å². The molecule has 1 atom stereocenters. The molecule has 0 aliphatic carbocycles. The maximum atomic E-state index is 13.1. The number of nitrogens with zero attached hydrogens (tertiary/aromatic N) is 5. The largest absolute Gasteiger partial charge is 0.339 e. The number of rotatable bonds is 4. The average molecular weight is 335 g/mol. The summed E-state index contributed by atoms with van der Waals surface area (Å²) in [5.74, 6) is 0.0934. The predicted molar refractivity (Wildman–Crippen MR) is 94.2 cm³/mol. The normalized spacial score (nSPS) is 17.6. The molecule has 1 fully saturated rings. The first-order valence-electron chi connectivity index (χ1n) is 8.64. The van der Waals surface area contributed by atoms with E-state index in [9.17, 15) is 4.79 Å². The number of hydrogen-bond donors (Lipinski definition) is 0. The summed E-state index contributed by atoms with van der Waals surface area (Å²) in [6, 6.07) is 9.98. The van der Waals surface area contributed by atoms with Crippen LogP contribution in [-0.4, -0.2) is 43.2 Å². The van der Waals surface area contributed by atoms with Gasteiger partial charge >= 0.3 is 0 Å². The summed E-state index contributed by atoms with van der Waals surface area (Å²) in [4.78, 5) is 19.0. The number of pyridine rings is 1. The zero-order valence-corrected chi connectivity index (χ0v) is 14.0. The Morgan fingerprint density at radius 1 is 1.12 bits per heavy atom. The van der Waals surface area contributed by atoms with Crippen LogP contribution >= 0.6 is 0 Å². The molecule has 25 heavy (non-hydrogen) atoms. The van der Waals surface area contributed by atoms with Gasteiger partial charge in [0.1, 0.15) is 5.69 Å².